The van der Waals surface area contributed by atoms with Crippen molar-refractivity contribution in [3.63, 3.8) is 0 Å². The Hall–Kier alpha value is -0.570. The van der Waals surface area contributed by atoms with Gasteiger partial charge in [-0.15, -0.1) is 0 Å². The van der Waals surface area contributed by atoms with Crippen LogP contribution < -0.4 is 5.73 Å². The topological polar surface area (TPSA) is 53.1 Å². The summed E-state index contributed by atoms with van der Waals surface area (Å²) in [6.07, 6.45) is 4.52. The number of nitrogens with two attached hydrogens (primary N) is 1. The van der Waals surface area contributed by atoms with E-state index in [0.717, 1.165) is 19.5 Å². The standard InChI is InChI=1S/C11H23N3/c1-3-7-14(4-2)9-11(5-6-11)8-10(12)13/h3-9H2,1-2H3,(H3,12,13). The summed E-state index contributed by atoms with van der Waals surface area (Å²) in [6.45, 7) is 7.85. The van der Waals surface area contributed by atoms with E-state index in [1.165, 1.54) is 25.8 Å². The fourth-order valence-electron chi connectivity index (χ4n) is 2.11. The molecule has 0 aromatic heterocycles. The first-order valence-electron chi connectivity index (χ1n) is 5.67. The van der Waals surface area contributed by atoms with Gasteiger partial charge in [0, 0.05) is 13.0 Å². The Kier molecular flexibility index (Phi) is 3.93. The molecular weight excluding hydrogens is 174 g/mol. The van der Waals surface area contributed by atoms with E-state index in [0.29, 0.717) is 11.3 Å². The minimum Gasteiger partial charge on any atom is -0.388 e. The largest absolute Gasteiger partial charge is 0.388 e. The number of rotatable bonds is 7. The lowest BCUT2D eigenvalue weighted by atomic mass is 10.0. The van der Waals surface area contributed by atoms with Gasteiger partial charge in [0.1, 0.15) is 0 Å². The van der Waals surface area contributed by atoms with E-state index in [2.05, 4.69) is 18.7 Å². The van der Waals surface area contributed by atoms with Crippen molar-refractivity contribution >= 4 is 5.84 Å². The third kappa shape index (κ3) is 3.29. The van der Waals surface area contributed by atoms with E-state index in [1.807, 2.05) is 0 Å². The molecule has 3 N–H and O–H groups in total. The molecule has 0 bridgehead atoms. The highest BCUT2D eigenvalue weighted by Gasteiger charge is 2.43. The van der Waals surface area contributed by atoms with Crippen molar-refractivity contribution in [3.05, 3.63) is 0 Å². The van der Waals surface area contributed by atoms with Crippen LogP contribution in [0.2, 0.25) is 0 Å². The lowest BCUT2D eigenvalue weighted by Crippen LogP contribution is -2.33. The van der Waals surface area contributed by atoms with Gasteiger partial charge in [-0.25, -0.2) is 0 Å². The number of hydrogen-bond donors (Lipinski definition) is 2. The summed E-state index contributed by atoms with van der Waals surface area (Å²) in [5, 5.41) is 7.35. The van der Waals surface area contributed by atoms with Gasteiger partial charge < -0.3 is 10.6 Å². The number of hydrogen-bond acceptors (Lipinski definition) is 2. The highest BCUT2D eigenvalue weighted by atomic mass is 15.1. The fourth-order valence-corrected chi connectivity index (χ4v) is 2.11. The lowest BCUT2D eigenvalue weighted by molar-refractivity contribution is 0.232. The van der Waals surface area contributed by atoms with Gasteiger partial charge in [0.2, 0.25) is 0 Å². The molecule has 0 amide bonds. The molecule has 0 unspecified atom stereocenters. The Morgan fingerprint density at radius 1 is 1.43 bits per heavy atom. The van der Waals surface area contributed by atoms with Crippen molar-refractivity contribution in [2.45, 2.75) is 39.5 Å². The third-order valence-corrected chi connectivity index (χ3v) is 3.07. The maximum atomic E-state index is 7.35. The van der Waals surface area contributed by atoms with Crippen molar-refractivity contribution in [1.29, 1.82) is 5.41 Å². The molecule has 0 saturated heterocycles. The molecule has 1 saturated carbocycles. The van der Waals surface area contributed by atoms with Crippen LogP contribution in [-0.2, 0) is 0 Å². The predicted molar refractivity (Wildman–Crippen MR) is 60.6 cm³/mol. The van der Waals surface area contributed by atoms with Crippen LogP contribution in [0.25, 0.3) is 0 Å². The molecule has 0 heterocycles. The maximum Gasteiger partial charge on any atom is 0.0911 e. The molecule has 0 spiro atoms. The van der Waals surface area contributed by atoms with Crippen LogP contribution in [0.15, 0.2) is 0 Å². The maximum absolute atomic E-state index is 7.35. The number of nitrogens with zero attached hydrogens (tertiary/aromatic N) is 1. The van der Waals surface area contributed by atoms with Crippen LogP contribution in [0.1, 0.15) is 39.5 Å². The van der Waals surface area contributed by atoms with Crippen LogP contribution >= 0.6 is 0 Å². The van der Waals surface area contributed by atoms with E-state index in [9.17, 15) is 0 Å². The number of nitrogens with one attached hydrogen (secondary N) is 1. The zero-order chi connectivity index (χ0) is 10.6. The number of amidine groups is 1. The normalized spacial score (nSPS) is 18.5. The van der Waals surface area contributed by atoms with Gasteiger partial charge in [-0.2, -0.15) is 0 Å². The van der Waals surface area contributed by atoms with Crippen LogP contribution in [0.3, 0.4) is 0 Å². The van der Waals surface area contributed by atoms with Crippen molar-refractivity contribution in [2.24, 2.45) is 11.1 Å². The molecule has 1 rings (SSSR count). The molecular formula is C11H23N3. The molecule has 0 radical (unpaired) electrons. The third-order valence-electron chi connectivity index (χ3n) is 3.07. The van der Waals surface area contributed by atoms with E-state index in [4.69, 9.17) is 11.1 Å². The minimum absolute atomic E-state index is 0.357. The molecule has 0 aromatic carbocycles. The summed E-state index contributed by atoms with van der Waals surface area (Å²) in [6, 6.07) is 0. The van der Waals surface area contributed by atoms with Gasteiger partial charge >= 0.3 is 0 Å². The molecule has 1 fully saturated rings. The molecule has 3 nitrogen and oxygen atoms in total. The quantitative estimate of drug-likeness (QED) is 0.483. The van der Waals surface area contributed by atoms with Gasteiger partial charge in [0.25, 0.3) is 0 Å². The second-order valence-electron chi connectivity index (χ2n) is 4.57. The van der Waals surface area contributed by atoms with Gasteiger partial charge in [-0.3, -0.25) is 5.41 Å². The van der Waals surface area contributed by atoms with Gasteiger partial charge in [-0.05, 0) is 37.8 Å². The Morgan fingerprint density at radius 3 is 2.43 bits per heavy atom. The molecule has 0 atom stereocenters. The Morgan fingerprint density at radius 2 is 2.07 bits per heavy atom. The van der Waals surface area contributed by atoms with Crippen LogP contribution in [0.4, 0.5) is 0 Å². The summed E-state index contributed by atoms with van der Waals surface area (Å²) in [5.74, 6) is 0.357. The van der Waals surface area contributed by atoms with Crippen molar-refractivity contribution in [1.82, 2.24) is 4.90 Å². The van der Waals surface area contributed by atoms with Crippen LogP contribution in [0, 0.1) is 10.8 Å². The highest BCUT2D eigenvalue weighted by Crippen LogP contribution is 2.49. The fraction of sp³-hybridized carbons (Fsp3) is 0.909. The summed E-state index contributed by atoms with van der Waals surface area (Å²) < 4.78 is 0. The summed E-state index contributed by atoms with van der Waals surface area (Å²) >= 11 is 0. The molecule has 1 aliphatic carbocycles. The van der Waals surface area contributed by atoms with Crippen molar-refractivity contribution in [3.8, 4) is 0 Å². The van der Waals surface area contributed by atoms with Crippen LogP contribution in [-0.4, -0.2) is 30.4 Å². The second kappa shape index (κ2) is 4.78. The van der Waals surface area contributed by atoms with E-state index >= 15 is 0 Å². The first kappa shape index (κ1) is 11.5. The average molecular weight is 197 g/mol. The second-order valence-corrected chi connectivity index (χ2v) is 4.57. The smallest absolute Gasteiger partial charge is 0.0911 e. The van der Waals surface area contributed by atoms with Gasteiger partial charge in [0.05, 0.1) is 5.84 Å². The molecule has 82 valence electrons. The zero-order valence-corrected chi connectivity index (χ0v) is 9.47. The monoisotopic (exact) mass is 197 g/mol. The average Bonchev–Trinajstić information content (AvgIpc) is 2.83. The van der Waals surface area contributed by atoms with Gasteiger partial charge in [-0.1, -0.05) is 13.8 Å². The SMILES string of the molecule is CCCN(CC)CC1(CC(=N)N)CC1. The van der Waals surface area contributed by atoms with Crippen molar-refractivity contribution in [2.75, 3.05) is 19.6 Å². The summed E-state index contributed by atoms with van der Waals surface area (Å²) in [4.78, 5) is 2.48. The predicted octanol–water partition coefficient (Wildman–Crippen LogP) is 1.82. The zero-order valence-electron chi connectivity index (χ0n) is 9.47. The highest BCUT2D eigenvalue weighted by molar-refractivity contribution is 5.78. The molecule has 3 heteroatoms. The van der Waals surface area contributed by atoms with Gasteiger partial charge in [0.15, 0.2) is 0 Å². The summed E-state index contributed by atoms with van der Waals surface area (Å²) in [7, 11) is 0. The first-order chi connectivity index (χ1) is 6.62. The lowest BCUT2D eigenvalue weighted by Gasteiger charge is -2.25. The Balaban J connectivity index is 2.37. The first-order valence-corrected chi connectivity index (χ1v) is 5.67. The van der Waals surface area contributed by atoms with Crippen LogP contribution in [0.5, 0.6) is 0 Å². The molecule has 1 aliphatic rings. The minimum atomic E-state index is 0.357. The Bertz CT molecular complexity index is 197. The van der Waals surface area contributed by atoms with E-state index < -0.39 is 0 Å². The van der Waals surface area contributed by atoms with E-state index in [1.54, 1.807) is 0 Å². The Labute approximate surface area is 87.2 Å². The summed E-state index contributed by atoms with van der Waals surface area (Å²) in [5.41, 5.74) is 5.85. The molecule has 0 aromatic rings. The molecule has 14 heavy (non-hydrogen) atoms. The molecule has 0 aliphatic heterocycles. The van der Waals surface area contributed by atoms with Crippen molar-refractivity contribution < 1.29 is 0 Å². The van der Waals surface area contributed by atoms with E-state index in [-0.39, 0.29) is 0 Å².